The number of hydrogen-bond donors (Lipinski definition) is 0. The molecule has 0 aliphatic carbocycles. The van der Waals surface area contributed by atoms with Gasteiger partial charge in [0.25, 0.3) is 0 Å². The maximum Gasteiger partial charge on any atom is 0.129 e. The molecule has 4 nitrogen and oxygen atoms in total. The van der Waals surface area contributed by atoms with Gasteiger partial charge in [-0.3, -0.25) is 14.8 Å². The molecule has 1 aliphatic rings. The van der Waals surface area contributed by atoms with Gasteiger partial charge in [0.2, 0.25) is 0 Å². The number of aromatic nitrogens is 1. The topological polar surface area (TPSA) is 43.2 Å². The molecule has 0 saturated carbocycles. The van der Waals surface area contributed by atoms with Crippen molar-refractivity contribution in [2.24, 2.45) is 0 Å². The third-order valence-corrected chi connectivity index (χ3v) is 4.17. The van der Waals surface area contributed by atoms with E-state index in [9.17, 15) is 4.39 Å². The number of pyridine rings is 1. The smallest absolute Gasteiger partial charge is 0.129 e. The molecule has 3 rings (SSSR count). The van der Waals surface area contributed by atoms with Gasteiger partial charge in [0, 0.05) is 57.2 Å². The summed E-state index contributed by atoms with van der Waals surface area (Å²) in [4.78, 5) is 8.79. The number of benzene rings is 1. The van der Waals surface area contributed by atoms with Gasteiger partial charge < -0.3 is 0 Å². The summed E-state index contributed by atoms with van der Waals surface area (Å²) < 4.78 is 14.0. The van der Waals surface area contributed by atoms with Crippen LogP contribution >= 0.6 is 0 Å². The Kier molecular flexibility index (Phi) is 4.96. The van der Waals surface area contributed by atoms with Crippen LogP contribution in [0.5, 0.6) is 0 Å². The molecule has 23 heavy (non-hydrogen) atoms. The second-order valence-electron chi connectivity index (χ2n) is 5.83. The van der Waals surface area contributed by atoms with Crippen molar-refractivity contribution in [3.8, 4) is 6.07 Å². The van der Waals surface area contributed by atoms with E-state index in [1.54, 1.807) is 18.3 Å². The first-order valence-corrected chi connectivity index (χ1v) is 7.77. The van der Waals surface area contributed by atoms with Crippen molar-refractivity contribution in [3.05, 3.63) is 65.2 Å². The van der Waals surface area contributed by atoms with Crippen LogP contribution in [0.15, 0.2) is 42.7 Å². The maximum absolute atomic E-state index is 14.0. The van der Waals surface area contributed by atoms with E-state index in [1.807, 2.05) is 18.3 Å². The Balaban J connectivity index is 1.52. The van der Waals surface area contributed by atoms with Gasteiger partial charge in [0.1, 0.15) is 5.82 Å². The maximum atomic E-state index is 14.0. The van der Waals surface area contributed by atoms with Crippen molar-refractivity contribution in [1.29, 1.82) is 5.26 Å². The largest absolute Gasteiger partial charge is 0.296 e. The van der Waals surface area contributed by atoms with E-state index in [1.165, 1.54) is 11.6 Å². The van der Waals surface area contributed by atoms with Gasteiger partial charge in [-0.25, -0.2) is 4.39 Å². The fourth-order valence-electron chi connectivity index (χ4n) is 2.84. The van der Waals surface area contributed by atoms with E-state index in [0.717, 1.165) is 32.7 Å². The third-order valence-electron chi connectivity index (χ3n) is 4.17. The normalized spacial score (nSPS) is 16.2. The highest BCUT2D eigenvalue weighted by atomic mass is 19.1. The monoisotopic (exact) mass is 310 g/mol. The number of halogens is 1. The van der Waals surface area contributed by atoms with Crippen LogP contribution in [0.2, 0.25) is 0 Å². The van der Waals surface area contributed by atoms with E-state index in [-0.39, 0.29) is 5.82 Å². The summed E-state index contributed by atoms with van der Waals surface area (Å²) in [6, 6.07) is 10.7. The fraction of sp³-hybridized carbons (Fsp3) is 0.333. The summed E-state index contributed by atoms with van der Waals surface area (Å²) in [5.41, 5.74) is 2.25. The van der Waals surface area contributed by atoms with Crippen molar-refractivity contribution in [2.75, 3.05) is 26.2 Å². The quantitative estimate of drug-likeness (QED) is 0.870. The fourth-order valence-corrected chi connectivity index (χ4v) is 2.84. The summed E-state index contributed by atoms with van der Waals surface area (Å²) in [7, 11) is 0. The lowest BCUT2D eigenvalue weighted by Gasteiger charge is -2.34. The number of hydrogen-bond acceptors (Lipinski definition) is 4. The van der Waals surface area contributed by atoms with Gasteiger partial charge in [0.05, 0.1) is 11.6 Å². The molecule has 0 atom stereocenters. The Morgan fingerprint density at radius 2 is 1.83 bits per heavy atom. The molecule has 1 aliphatic heterocycles. The molecule has 2 aromatic rings. The first kappa shape index (κ1) is 15.6. The lowest BCUT2D eigenvalue weighted by atomic mass is 10.1. The molecule has 0 N–H and O–H groups in total. The second kappa shape index (κ2) is 7.32. The lowest BCUT2D eigenvalue weighted by molar-refractivity contribution is 0.121. The van der Waals surface area contributed by atoms with Crippen molar-refractivity contribution >= 4 is 0 Å². The van der Waals surface area contributed by atoms with Crippen LogP contribution in [0.1, 0.15) is 16.7 Å². The van der Waals surface area contributed by atoms with Crippen molar-refractivity contribution in [2.45, 2.75) is 13.1 Å². The molecule has 0 spiro atoms. The zero-order valence-electron chi connectivity index (χ0n) is 13.0. The van der Waals surface area contributed by atoms with Crippen LogP contribution < -0.4 is 0 Å². The van der Waals surface area contributed by atoms with Gasteiger partial charge in [0.15, 0.2) is 0 Å². The van der Waals surface area contributed by atoms with Crippen LogP contribution in [-0.4, -0.2) is 41.0 Å². The lowest BCUT2D eigenvalue weighted by Crippen LogP contribution is -2.45. The van der Waals surface area contributed by atoms with Gasteiger partial charge >= 0.3 is 0 Å². The number of nitriles is 1. The van der Waals surface area contributed by atoms with Crippen LogP contribution in [-0.2, 0) is 13.1 Å². The van der Waals surface area contributed by atoms with Crippen molar-refractivity contribution < 1.29 is 4.39 Å². The van der Waals surface area contributed by atoms with E-state index in [0.29, 0.717) is 17.7 Å². The number of piperazine rings is 1. The van der Waals surface area contributed by atoms with Crippen LogP contribution in [0.3, 0.4) is 0 Å². The number of nitrogens with zero attached hydrogens (tertiary/aromatic N) is 4. The first-order valence-electron chi connectivity index (χ1n) is 7.77. The molecule has 1 saturated heterocycles. The standard InChI is InChI=1S/C18H19FN4/c19-18-10-15(11-20)3-4-17(18)14-23-8-6-22(7-9-23)13-16-2-1-5-21-12-16/h1-5,10,12H,6-9,13-14H2. The predicted octanol–water partition coefficient (Wildman–Crippen LogP) is 2.41. The summed E-state index contributed by atoms with van der Waals surface area (Å²) in [5, 5.41) is 8.79. The Morgan fingerprint density at radius 3 is 2.43 bits per heavy atom. The summed E-state index contributed by atoms with van der Waals surface area (Å²) in [6.45, 7) is 5.27. The van der Waals surface area contributed by atoms with E-state index < -0.39 is 0 Å². The van der Waals surface area contributed by atoms with E-state index >= 15 is 0 Å². The molecule has 1 aromatic heterocycles. The molecule has 118 valence electrons. The van der Waals surface area contributed by atoms with E-state index in [4.69, 9.17) is 5.26 Å². The minimum Gasteiger partial charge on any atom is -0.296 e. The highest BCUT2D eigenvalue weighted by Crippen LogP contribution is 2.15. The van der Waals surface area contributed by atoms with Crippen LogP contribution in [0.25, 0.3) is 0 Å². The van der Waals surface area contributed by atoms with Crippen molar-refractivity contribution in [1.82, 2.24) is 14.8 Å². The third kappa shape index (κ3) is 4.13. The molecule has 5 heteroatoms. The molecular formula is C18H19FN4. The summed E-state index contributed by atoms with van der Waals surface area (Å²) in [6.07, 6.45) is 3.69. The predicted molar refractivity (Wildman–Crippen MR) is 85.9 cm³/mol. The SMILES string of the molecule is N#Cc1ccc(CN2CCN(Cc3cccnc3)CC2)c(F)c1. The average Bonchev–Trinajstić information content (AvgIpc) is 2.59. The van der Waals surface area contributed by atoms with Crippen LogP contribution in [0, 0.1) is 17.1 Å². The first-order chi connectivity index (χ1) is 11.2. The van der Waals surface area contributed by atoms with Gasteiger partial charge in [-0.2, -0.15) is 5.26 Å². The second-order valence-corrected chi connectivity index (χ2v) is 5.83. The molecule has 0 radical (unpaired) electrons. The molecule has 0 unspecified atom stereocenters. The highest BCUT2D eigenvalue weighted by molar-refractivity contribution is 5.32. The minimum absolute atomic E-state index is 0.290. The summed E-state index contributed by atoms with van der Waals surface area (Å²) >= 11 is 0. The molecule has 0 bridgehead atoms. The molecule has 1 aromatic carbocycles. The van der Waals surface area contributed by atoms with Crippen molar-refractivity contribution in [3.63, 3.8) is 0 Å². The van der Waals surface area contributed by atoms with Gasteiger partial charge in [-0.1, -0.05) is 12.1 Å². The molecule has 0 amide bonds. The van der Waals surface area contributed by atoms with Crippen LogP contribution in [0.4, 0.5) is 4.39 Å². The average molecular weight is 310 g/mol. The zero-order chi connectivity index (χ0) is 16.1. The molecule has 2 heterocycles. The van der Waals surface area contributed by atoms with E-state index in [2.05, 4.69) is 20.9 Å². The summed E-state index contributed by atoms with van der Waals surface area (Å²) in [5.74, 6) is -0.290. The molecule has 1 fully saturated rings. The Hall–Kier alpha value is -2.29. The zero-order valence-corrected chi connectivity index (χ0v) is 13.0. The Labute approximate surface area is 135 Å². The Morgan fingerprint density at radius 1 is 1.09 bits per heavy atom. The number of rotatable bonds is 4. The van der Waals surface area contributed by atoms with Gasteiger partial charge in [-0.05, 0) is 23.8 Å². The molecular weight excluding hydrogens is 291 g/mol. The highest BCUT2D eigenvalue weighted by Gasteiger charge is 2.18. The van der Waals surface area contributed by atoms with Gasteiger partial charge in [-0.15, -0.1) is 0 Å². The minimum atomic E-state index is -0.290. The Bertz CT molecular complexity index is 688.